The fraction of sp³-hybridized carbons (Fsp3) is 0.625. The fourth-order valence-electron chi connectivity index (χ4n) is 4.64. The highest BCUT2D eigenvalue weighted by atomic mass is 16.7. The van der Waals surface area contributed by atoms with Crippen molar-refractivity contribution in [2.24, 2.45) is 0 Å². The molecule has 0 radical (unpaired) electrons. The molecule has 0 saturated carbocycles. The van der Waals surface area contributed by atoms with Gasteiger partial charge in [-0.25, -0.2) is 15.1 Å². The molecule has 2 bridgehead atoms. The lowest BCUT2D eigenvalue weighted by Crippen LogP contribution is -2.50. The standard InChI is InChI=1S/C24H34N4O6/c1-24(2,3)34-23(31)26-13-7-10-19(26)16-32-25-21(29)20-12-11-18-14-27(20)22(30)28(18)33-15-17-8-5-4-6-9-17/h4-6,8-9,18-20H,7,10-16H2,1-3H3,(H,25,29)/t18-,19-,20+/m1/s1. The molecular weight excluding hydrogens is 440 g/mol. The van der Waals surface area contributed by atoms with Crippen LogP contribution in [0.5, 0.6) is 0 Å². The zero-order valence-corrected chi connectivity index (χ0v) is 20.1. The van der Waals surface area contributed by atoms with Crippen LogP contribution in [0.1, 0.15) is 52.0 Å². The van der Waals surface area contributed by atoms with Gasteiger partial charge >= 0.3 is 12.1 Å². The van der Waals surface area contributed by atoms with Crippen LogP contribution >= 0.6 is 0 Å². The summed E-state index contributed by atoms with van der Waals surface area (Å²) in [5.41, 5.74) is 2.90. The predicted octanol–water partition coefficient (Wildman–Crippen LogP) is 2.83. The van der Waals surface area contributed by atoms with Crippen LogP contribution in [-0.4, -0.2) is 76.3 Å². The summed E-state index contributed by atoms with van der Waals surface area (Å²) in [5, 5.41) is 1.40. The van der Waals surface area contributed by atoms with Crippen LogP contribution in [0.3, 0.4) is 0 Å². The Morgan fingerprint density at radius 3 is 2.62 bits per heavy atom. The van der Waals surface area contributed by atoms with Crippen molar-refractivity contribution in [1.82, 2.24) is 20.3 Å². The van der Waals surface area contributed by atoms with Gasteiger partial charge in [-0.2, -0.15) is 5.06 Å². The molecule has 3 saturated heterocycles. The zero-order chi connectivity index (χ0) is 24.3. The summed E-state index contributed by atoms with van der Waals surface area (Å²) in [5.74, 6) is -0.362. The quantitative estimate of drug-likeness (QED) is 0.610. The number of hydrogen-bond acceptors (Lipinski definition) is 6. The van der Waals surface area contributed by atoms with E-state index in [1.54, 1.807) is 9.80 Å². The molecule has 4 amide bonds. The van der Waals surface area contributed by atoms with Crippen LogP contribution in [0.4, 0.5) is 9.59 Å². The van der Waals surface area contributed by atoms with E-state index >= 15 is 0 Å². The number of hydrogen-bond donors (Lipinski definition) is 1. The molecule has 4 rings (SSSR count). The Labute approximate surface area is 200 Å². The SMILES string of the molecule is CC(C)(C)OC(=O)N1CCC[C@@H]1CONC(=O)[C@@H]1CC[C@@H]2CN1C(=O)N2OCc1ccccc1. The van der Waals surface area contributed by atoms with E-state index in [9.17, 15) is 14.4 Å². The van der Waals surface area contributed by atoms with Gasteiger partial charge in [-0.1, -0.05) is 30.3 Å². The largest absolute Gasteiger partial charge is 0.444 e. The minimum Gasteiger partial charge on any atom is -0.444 e. The maximum Gasteiger partial charge on any atom is 0.410 e. The number of fused-ring (bicyclic) bond motifs is 2. The summed E-state index contributed by atoms with van der Waals surface area (Å²) in [4.78, 5) is 52.6. The number of piperidine rings is 1. The molecule has 3 aliphatic heterocycles. The number of benzene rings is 1. The number of carbonyl (C=O) groups is 3. The molecule has 3 aliphatic rings. The molecule has 1 N–H and O–H groups in total. The Balaban J connectivity index is 1.25. The Bertz CT molecular complexity index is 889. The number of nitrogens with one attached hydrogen (secondary N) is 1. The van der Waals surface area contributed by atoms with Gasteiger partial charge in [-0.05, 0) is 52.0 Å². The van der Waals surface area contributed by atoms with Gasteiger partial charge in [-0.15, -0.1) is 0 Å². The molecule has 1 aromatic carbocycles. The van der Waals surface area contributed by atoms with E-state index in [4.69, 9.17) is 14.4 Å². The van der Waals surface area contributed by atoms with E-state index in [1.807, 2.05) is 51.1 Å². The monoisotopic (exact) mass is 474 g/mol. The van der Waals surface area contributed by atoms with Crippen LogP contribution in [0, 0.1) is 0 Å². The Hall–Kier alpha value is -2.85. The van der Waals surface area contributed by atoms with Crippen molar-refractivity contribution in [1.29, 1.82) is 0 Å². The summed E-state index contributed by atoms with van der Waals surface area (Å²) >= 11 is 0. The van der Waals surface area contributed by atoms with E-state index in [2.05, 4.69) is 5.48 Å². The molecule has 186 valence electrons. The van der Waals surface area contributed by atoms with Gasteiger partial charge in [0.2, 0.25) is 0 Å². The molecular formula is C24H34N4O6. The topological polar surface area (TPSA) is 101 Å². The lowest BCUT2D eigenvalue weighted by Gasteiger charge is -2.30. The average Bonchev–Trinajstić information content (AvgIpc) is 3.35. The highest BCUT2D eigenvalue weighted by Gasteiger charge is 2.48. The second-order valence-electron chi connectivity index (χ2n) is 10.0. The van der Waals surface area contributed by atoms with Gasteiger partial charge in [0.15, 0.2) is 0 Å². The van der Waals surface area contributed by atoms with E-state index in [1.165, 1.54) is 5.06 Å². The maximum absolute atomic E-state index is 12.9. The van der Waals surface area contributed by atoms with Gasteiger partial charge in [0, 0.05) is 13.1 Å². The summed E-state index contributed by atoms with van der Waals surface area (Å²) in [6, 6.07) is 8.50. The van der Waals surface area contributed by atoms with Crippen molar-refractivity contribution in [3.63, 3.8) is 0 Å². The molecule has 0 aromatic heterocycles. The summed E-state index contributed by atoms with van der Waals surface area (Å²) in [6.45, 7) is 6.99. The van der Waals surface area contributed by atoms with E-state index < -0.39 is 11.6 Å². The van der Waals surface area contributed by atoms with Crippen molar-refractivity contribution in [2.45, 2.75) is 76.8 Å². The first-order valence-corrected chi connectivity index (χ1v) is 11.9. The van der Waals surface area contributed by atoms with Crippen LogP contribution in [0.2, 0.25) is 0 Å². The van der Waals surface area contributed by atoms with Crippen molar-refractivity contribution in [2.75, 3.05) is 19.7 Å². The van der Waals surface area contributed by atoms with E-state index in [-0.39, 0.29) is 36.7 Å². The molecule has 34 heavy (non-hydrogen) atoms. The third-order valence-electron chi connectivity index (χ3n) is 6.29. The van der Waals surface area contributed by atoms with Crippen LogP contribution < -0.4 is 5.48 Å². The summed E-state index contributed by atoms with van der Waals surface area (Å²) in [6.07, 6.45) is 2.46. The predicted molar refractivity (Wildman–Crippen MR) is 122 cm³/mol. The van der Waals surface area contributed by atoms with Crippen molar-refractivity contribution >= 4 is 18.0 Å². The molecule has 1 aromatic rings. The fourth-order valence-corrected chi connectivity index (χ4v) is 4.64. The summed E-state index contributed by atoms with van der Waals surface area (Å²) in [7, 11) is 0. The van der Waals surface area contributed by atoms with Gasteiger partial charge in [-0.3, -0.25) is 14.5 Å². The number of nitrogens with zero attached hydrogens (tertiary/aromatic N) is 3. The molecule has 3 fully saturated rings. The second kappa shape index (κ2) is 10.2. The number of carbonyl (C=O) groups excluding carboxylic acids is 3. The molecule has 10 nitrogen and oxygen atoms in total. The Morgan fingerprint density at radius 2 is 1.88 bits per heavy atom. The number of amides is 4. The minimum absolute atomic E-state index is 0.0675. The van der Waals surface area contributed by atoms with Crippen molar-refractivity contribution in [3.8, 4) is 0 Å². The molecule has 10 heteroatoms. The van der Waals surface area contributed by atoms with E-state index in [0.29, 0.717) is 32.5 Å². The Kier molecular flexibility index (Phi) is 7.27. The number of likely N-dealkylation sites (tertiary alicyclic amines) is 1. The van der Waals surface area contributed by atoms with Gasteiger partial charge in [0.1, 0.15) is 18.2 Å². The average molecular weight is 475 g/mol. The normalized spacial score (nSPS) is 24.5. The van der Waals surface area contributed by atoms with Gasteiger partial charge in [0.25, 0.3) is 5.91 Å². The van der Waals surface area contributed by atoms with Crippen molar-refractivity contribution < 1.29 is 28.8 Å². The molecule has 3 heterocycles. The third-order valence-corrected chi connectivity index (χ3v) is 6.29. The molecule has 0 spiro atoms. The summed E-state index contributed by atoms with van der Waals surface area (Å²) < 4.78 is 5.46. The lowest BCUT2D eigenvalue weighted by molar-refractivity contribution is -0.141. The highest BCUT2D eigenvalue weighted by molar-refractivity contribution is 5.88. The minimum atomic E-state index is -0.611. The number of rotatable bonds is 7. The van der Waals surface area contributed by atoms with Crippen LogP contribution in [-0.2, 0) is 25.8 Å². The van der Waals surface area contributed by atoms with E-state index in [0.717, 1.165) is 18.4 Å². The molecule has 0 unspecified atom stereocenters. The van der Waals surface area contributed by atoms with Gasteiger partial charge < -0.3 is 14.5 Å². The number of hydroxylamine groups is 3. The number of ether oxygens (including phenoxy) is 1. The lowest BCUT2D eigenvalue weighted by atomic mass is 10.0. The maximum atomic E-state index is 12.9. The van der Waals surface area contributed by atoms with Crippen LogP contribution in [0.15, 0.2) is 30.3 Å². The smallest absolute Gasteiger partial charge is 0.410 e. The molecule has 0 aliphatic carbocycles. The highest BCUT2D eigenvalue weighted by Crippen LogP contribution is 2.30. The zero-order valence-electron chi connectivity index (χ0n) is 20.1. The van der Waals surface area contributed by atoms with Crippen molar-refractivity contribution in [3.05, 3.63) is 35.9 Å². The van der Waals surface area contributed by atoms with Gasteiger partial charge in [0.05, 0.1) is 18.7 Å². The van der Waals surface area contributed by atoms with Crippen LogP contribution in [0.25, 0.3) is 0 Å². The third kappa shape index (κ3) is 5.61. The Morgan fingerprint density at radius 1 is 1.12 bits per heavy atom. The second-order valence-corrected chi connectivity index (χ2v) is 10.0. The molecule has 3 atom stereocenters. The first kappa shape index (κ1) is 24.3. The number of urea groups is 1. The first-order chi connectivity index (χ1) is 16.2. The first-order valence-electron chi connectivity index (χ1n) is 11.9.